The summed E-state index contributed by atoms with van der Waals surface area (Å²) in [6, 6.07) is 1.66. The molecule has 1 aromatic carbocycles. The number of H-pyrrole nitrogens is 2. The maximum Gasteiger partial charge on any atom is 0.250 e. The van der Waals surface area contributed by atoms with Crippen LogP contribution in [-0.4, -0.2) is 33.2 Å². The minimum atomic E-state index is -0.530. The van der Waals surface area contributed by atoms with E-state index in [4.69, 9.17) is 10.5 Å². The smallest absolute Gasteiger partial charge is 0.250 e. The number of hydrogen-bond donors (Lipinski definition) is 3. The summed E-state index contributed by atoms with van der Waals surface area (Å²) in [7, 11) is 1.56. The van der Waals surface area contributed by atoms with Crippen molar-refractivity contribution < 1.29 is 9.53 Å². The quantitative estimate of drug-likeness (QED) is 0.651. The summed E-state index contributed by atoms with van der Waals surface area (Å²) in [5.41, 5.74) is 7.77. The third-order valence-corrected chi connectivity index (χ3v) is 2.94. The van der Waals surface area contributed by atoms with Crippen molar-refractivity contribution in [3.63, 3.8) is 0 Å². The number of rotatable bonds is 3. The van der Waals surface area contributed by atoms with Crippen molar-refractivity contribution in [2.45, 2.75) is 0 Å². The molecule has 7 nitrogen and oxygen atoms in total. The molecule has 0 spiro atoms. The number of amides is 1. The van der Waals surface area contributed by atoms with E-state index in [1.807, 2.05) is 0 Å². The highest BCUT2D eigenvalue weighted by Crippen LogP contribution is 2.36. The van der Waals surface area contributed by atoms with Crippen LogP contribution in [0.1, 0.15) is 10.4 Å². The lowest BCUT2D eigenvalue weighted by atomic mass is 10.0. The molecule has 0 aliphatic heterocycles. The fraction of sp³-hybridized carbons (Fsp3) is 0.0833. The van der Waals surface area contributed by atoms with Gasteiger partial charge in [-0.15, -0.1) is 0 Å². The van der Waals surface area contributed by atoms with Crippen LogP contribution < -0.4 is 10.5 Å². The molecule has 0 unspecified atom stereocenters. The van der Waals surface area contributed by atoms with Gasteiger partial charge >= 0.3 is 0 Å². The first-order valence-corrected chi connectivity index (χ1v) is 5.55. The summed E-state index contributed by atoms with van der Waals surface area (Å²) in [6.45, 7) is 0. The summed E-state index contributed by atoms with van der Waals surface area (Å²) in [5, 5.41) is 7.39. The lowest BCUT2D eigenvalue weighted by molar-refractivity contribution is 0.100. The number of nitrogens with zero attached hydrogens (tertiary/aromatic N) is 2. The second kappa shape index (κ2) is 4.13. The fourth-order valence-electron chi connectivity index (χ4n) is 2.11. The molecule has 0 bridgehead atoms. The maximum absolute atomic E-state index is 11.5. The molecule has 0 aliphatic carbocycles. The molecule has 3 aromatic rings. The van der Waals surface area contributed by atoms with E-state index in [2.05, 4.69) is 20.2 Å². The van der Waals surface area contributed by atoms with Gasteiger partial charge in [0.2, 0.25) is 0 Å². The molecule has 0 fully saturated rings. The second-order valence-corrected chi connectivity index (χ2v) is 3.99. The number of nitrogens with two attached hydrogens (primary N) is 1. The fourth-order valence-corrected chi connectivity index (χ4v) is 2.11. The van der Waals surface area contributed by atoms with Gasteiger partial charge in [-0.25, -0.2) is 4.98 Å². The Balaban J connectivity index is 2.40. The van der Waals surface area contributed by atoms with Crippen LogP contribution in [0.5, 0.6) is 5.75 Å². The van der Waals surface area contributed by atoms with Gasteiger partial charge in [-0.05, 0) is 6.07 Å². The predicted molar refractivity (Wildman–Crippen MR) is 68.7 cm³/mol. The Hall–Kier alpha value is -2.83. The van der Waals surface area contributed by atoms with E-state index in [1.54, 1.807) is 31.9 Å². The Kier molecular flexibility index (Phi) is 2.45. The Bertz CT molecular complexity index is 745. The van der Waals surface area contributed by atoms with Crippen LogP contribution in [0.4, 0.5) is 0 Å². The van der Waals surface area contributed by atoms with Crippen LogP contribution >= 0.6 is 0 Å². The first kappa shape index (κ1) is 11.3. The predicted octanol–water partition coefficient (Wildman–Crippen LogP) is 1.06. The standard InChI is InChI=1S/C12H11N5O2/c1-19-11-6(9-4-14-5-15-9)2-7(12(13)18)10-8(11)3-16-17-10/h2-5H,1H3,(H2,13,18)(H,14,15)(H,16,17). The Morgan fingerprint density at radius 3 is 2.89 bits per heavy atom. The van der Waals surface area contributed by atoms with Gasteiger partial charge in [0.1, 0.15) is 5.75 Å². The molecule has 4 N–H and O–H groups in total. The number of hydrogen-bond acceptors (Lipinski definition) is 4. The number of carbonyl (C=O) groups excluding carboxylic acids is 1. The monoisotopic (exact) mass is 257 g/mol. The van der Waals surface area contributed by atoms with E-state index >= 15 is 0 Å². The van der Waals surface area contributed by atoms with E-state index in [0.717, 1.165) is 5.69 Å². The topological polar surface area (TPSA) is 110 Å². The largest absolute Gasteiger partial charge is 0.495 e. The molecule has 0 atom stereocenters. The first-order chi connectivity index (χ1) is 9.22. The highest BCUT2D eigenvalue weighted by Gasteiger charge is 2.18. The van der Waals surface area contributed by atoms with Gasteiger partial charge in [0, 0.05) is 5.56 Å². The zero-order valence-electron chi connectivity index (χ0n) is 10.1. The number of aromatic nitrogens is 4. The number of fused-ring (bicyclic) bond motifs is 1. The van der Waals surface area contributed by atoms with Gasteiger partial charge in [0.15, 0.2) is 0 Å². The number of methoxy groups -OCH3 is 1. The van der Waals surface area contributed by atoms with E-state index in [0.29, 0.717) is 27.8 Å². The number of nitrogens with one attached hydrogen (secondary N) is 2. The van der Waals surface area contributed by atoms with Gasteiger partial charge in [-0.2, -0.15) is 5.10 Å². The molecule has 0 saturated carbocycles. The lowest BCUT2D eigenvalue weighted by Crippen LogP contribution is -2.12. The third-order valence-electron chi connectivity index (χ3n) is 2.94. The van der Waals surface area contributed by atoms with Crippen molar-refractivity contribution in [2.24, 2.45) is 5.73 Å². The molecule has 7 heteroatoms. The van der Waals surface area contributed by atoms with E-state index < -0.39 is 5.91 Å². The van der Waals surface area contributed by atoms with Gasteiger partial charge in [-0.3, -0.25) is 9.89 Å². The van der Waals surface area contributed by atoms with Crippen LogP contribution in [0.2, 0.25) is 0 Å². The van der Waals surface area contributed by atoms with E-state index in [-0.39, 0.29) is 0 Å². The minimum Gasteiger partial charge on any atom is -0.495 e. The van der Waals surface area contributed by atoms with Crippen LogP contribution in [0, 0.1) is 0 Å². The van der Waals surface area contributed by atoms with Crippen molar-refractivity contribution in [1.82, 2.24) is 20.2 Å². The second-order valence-electron chi connectivity index (χ2n) is 3.99. The number of primary amides is 1. The van der Waals surface area contributed by atoms with E-state index in [1.165, 1.54) is 0 Å². The molecular formula is C12H11N5O2. The lowest BCUT2D eigenvalue weighted by Gasteiger charge is -2.10. The van der Waals surface area contributed by atoms with E-state index in [9.17, 15) is 4.79 Å². The highest BCUT2D eigenvalue weighted by atomic mass is 16.5. The number of carbonyl (C=O) groups is 1. The molecular weight excluding hydrogens is 246 g/mol. The summed E-state index contributed by atoms with van der Waals surface area (Å²) < 4.78 is 5.42. The molecule has 3 rings (SSSR count). The van der Waals surface area contributed by atoms with Gasteiger partial charge < -0.3 is 15.5 Å². The molecule has 19 heavy (non-hydrogen) atoms. The van der Waals surface area contributed by atoms with Crippen LogP contribution in [0.25, 0.3) is 22.2 Å². The van der Waals surface area contributed by atoms with Gasteiger partial charge in [-0.1, -0.05) is 0 Å². The van der Waals surface area contributed by atoms with Crippen LogP contribution in [-0.2, 0) is 0 Å². The molecule has 96 valence electrons. The Morgan fingerprint density at radius 2 is 2.26 bits per heavy atom. The summed E-state index contributed by atoms with van der Waals surface area (Å²) >= 11 is 0. The molecule has 1 amide bonds. The Labute approximate surface area is 107 Å². The molecule has 0 aliphatic rings. The molecule has 0 saturated heterocycles. The summed E-state index contributed by atoms with van der Waals surface area (Å²) in [5.74, 6) is 0.0793. The van der Waals surface area contributed by atoms with Crippen LogP contribution in [0.15, 0.2) is 24.8 Å². The van der Waals surface area contributed by atoms with Crippen molar-refractivity contribution in [1.29, 1.82) is 0 Å². The van der Waals surface area contributed by atoms with Gasteiger partial charge in [0.25, 0.3) is 5.91 Å². The maximum atomic E-state index is 11.5. The zero-order chi connectivity index (χ0) is 13.4. The van der Waals surface area contributed by atoms with Crippen LogP contribution in [0.3, 0.4) is 0 Å². The summed E-state index contributed by atoms with van der Waals surface area (Å²) in [6.07, 6.45) is 4.80. The normalized spacial score (nSPS) is 10.8. The van der Waals surface area contributed by atoms with Crippen molar-refractivity contribution in [3.8, 4) is 17.0 Å². The Morgan fingerprint density at radius 1 is 1.42 bits per heavy atom. The summed E-state index contributed by atoms with van der Waals surface area (Å²) in [4.78, 5) is 18.5. The van der Waals surface area contributed by atoms with Crippen molar-refractivity contribution in [2.75, 3.05) is 7.11 Å². The molecule has 2 heterocycles. The average Bonchev–Trinajstić information content (AvgIpc) is 3.07. The zero-order valence-corrected chi connectivity index (χ0v) is 10.1. The highest BCUT2D eigenvalue weighted by molar-refractivity contribution is 6.08. The molecule has 0 radical (unpaired) electrons. The van der Waals surface area contributed by atoms with Gasteiger partial charge in [0.05, 0.1) is 48.0 Å². The number of aromatic amines is 2. The first-order valence-electron chi connectivity index (χ1n) is 5.55. The average molecular weight is 257 g/mol. The third kappa shape index (κ3) is 1.63. The SMILES string of the molecule is COc1c(-c2cnc[nH]2)cc(C(N)=O)c2[nH]ncc12. The van der Waals surface area contributed by atoms with Crippen molar-refractivity contribution in [3.05, 3.63) is 30.4 Å². The molecule has 2 aromatic heterocycles. The van der Waals surface area contributed by atoms with Crippen molar-refractivity contribution >= 4 is 16.8 Å². The number of imidazole rings is 1. The minimum absolute atomic E-state index is 0.359. The number of ether oxygens (including phenoxy) is 1. The number of benzene rings is 1.